The van der Waals surface area contributed by atoms with E-state index < -0.39 is 0 Å². The molecule has 5 nitrogen and oxygen atoms in total. The topological polar surface area (TPSA) is 69.3 Å². The number of nitrogen functional groups attached to an aromatic ring is 1. The van der Waals surface area contributed by atoms with E-state index in [-0.39, 0.29) is 0 Å². The van der Waals surface area contributed by atoms with E-state index in [2.05, 4.69) is 26.0 Å². The van der Waals surface area contributed by atoms with Crippen LogP contribution in [0.5, 0.6) is 0 Å². The highest BCUT2D eigenvalue weighted by Gasteiger charge is 2.11. The van der Waals surface area contributed by atoms with Gasteiger partial charge in [-0.1, -0.05) is 0 Å². The molecule has 0 aliphatic carbocycles. The van der Waals surface area contributed by atoms with E-state index in [0.29, 0.717) is 27.6 Å². The summed E-state index contributed by atoms with van der Waals surface area (Å²) in [6.07, 6.45) is 1.79. The molecule has 80 valence electrons. The molecule has 0 radical (unpaired) electrons. The Balaban J connectivity index is 2.22. The van der Waals surface area contributed by atoms with Crippen LogP contribution in [-0.4, -0.2) is 14.6 Å². The van der Waals surface area contributed by atoms with Crippen molar-refractivity contribution >= 4 is 27.3 Å². The van der Waals surface area contributed by atoms with E-state index in [1.54, 1.807) is 28.9 Å². The highest BCUT2D eigenvalue weighted by atomic mass is 79.9. The van der Waals surface area contributed by atoms with Gasteiger partial charge in [-0.3, -0.25) is 0 Å². The van der Waals surface area contributed by atoms with Crippen molar-refractivity contribution in [2.24, 2.45) is 0 Å². The van der Waals surface area contributed by atoms with Crippen LogP contribution in [-0.2, 0) is 0 Å². The maximum absolute atomic E-state index is 5.79. The summed E-state index contributed by atoms with van der Waals surface area (Å²) in [5.41, 5.74) is 7.01. The number of nitrogens with zero attached hydrogens (tertiary/aromatic N) is 3. The minimum Gasteiger partial charge on any atom is -0.446 e. The zero-order chi connectivity index (χ0) is 11.1. The number of aromatic nitrogens is 3. The largest absolute Gasteiger partial charge is 0.446 e. The summed E-state index contributed by atoms with van der Waals surface area (Å²) >= 11 is 3.23. The molecule has 3 aromatic rings. The van der Waals surface area contributed by atoms with Gasteiger partial charge in [0.05, 0.1) is 5.69 Å². The van der Waals surface area contributed by atoms with Crippen LogP contribution in [0.4, 0.5) is 5.69 Å². The maximum Gasteiger partial charge on any atom is 0.218 e. The molecule has 0 spiro atoms. The predicted octanol–water partition coefficient (Wildman–Crippen LogP) is 2.33. The van der Waals surface area contributed by atoms with E-state index in [0.717, 1.165) is 0 Å². The van der Waals surface area contributed by atoms with Gasteiger partial charge in [-0.25, -0.2) is 9.50 Å². The minimum atomic E-state index is 0.517. The van der Waals surface area contributed by atoms with Crippen LogP contribution in [0.2, 0.25) is 0 Å². The fourth-order valence-electron chi connectivity index (χ4n) is 1.47. The first-order valence-corrected chi connectivity index (χ1v) is 5.40. The summed E-state index contributed by atoms with van der Waals surface area (Å²) in [6, 6.07) is 7.20. The third-order valence-electron chi connectivity index (χ3n) is 2.19. The van der Waals surface area contributed by atoms with E-state index >= 15 is 0 Å². The predicted molar refractivity (Wildman–Crippen MR) is 62.8 cm³/mol. The average Bonchev–Trinajstić information content (AvgIpc) is 2.84. The molecule has 0 aliphatic rings. The van der Waals surface area contributed by atoms with Gasteiger partial charge in [0, 0.05) is 6.20 Å². The number of halogens is 1. The molecule has 3 rings (SSSR count). The molecule has 0 bridgehead atoms. The van der Waals surface area contributed by atoms with Crippen LogP contribution >= 0.6 is 15.9 Å². The Bertz CT molecular complexity index is 658. The second-order valence-electron chi connectivity index (χ2n) is 3.27. The Hall–Kier alpha value is -1.82. The molecule has 0 amide bonds. The standard InChI is InChI=1S/C10H7BrN4O/c11-8-4-3-7(16-8)9-13-10-6(12)2-1-5-15(10)14-9/h1-5H,12H2. The second kappa shape index (κ2) is 3.34. The number of pyridine rings is 1. The number of anilines is 1. The Morgan fingerprint density at radius 3 is 2.88 bits per heavy atom. The molecule has 0 aromatic carbocycles. The zero-order valence-electron chi connectivity index (χ0n) is 8.09. The Labute approximate surface area is 99.0 Å². The number of hydrogen-bond acceptors (Lipinski definition) is 4. The van der Waals surface area contributed by atoms with Crippen LogP contribution in [0, 0.1) is 0 Å². The molecule has 0 fully saturated rings. The zero-order valence-corrected chi connectivity index (χ0v) is 9.68. The SMILES string of the molecule is Nc1cccn2nc(-c3ccc(Br)o3)nc12. The van der Waals surface area contributed by atoms with Crippen LogP contribution in [0.15, 0.2) is 39.5 Å². The number of nitrogens with two attached hydrogens (primary N) is 1. The summed E-state index contributed by atoms with van der Waals surface area (Å²) in [5.74, 6) is 1.12. The monoisotopic (exact) mass is 278 g/mol. The Kier molecular flexibility index (Phi) is 1.97. The van der Waals surface area contributed by atoms with Crippen LogP contribution in [0.3, 0.4) is 0 Å². The van der Waals surface area contributed by atoms with Gasteiger partial charge in [0.25, 0.3) is 0 Å². The van der Waals surface area contributed by atoms with Crippen molar-refractivity contribution < 1.29 is 4.42 Å². The molecular weight excluding hydrogens is 272 g/mol. The molecule has 3 heterocycles. The van der Waals surface area contributed by atoms with E-state index in [1.807, 2.05) is 6.07 Å². The van der Waals surface area contributed by atoms with Gasteiger partial charge in [-0.15, -0.1) is 5.10 Å². The number of furan rings is 1. The van der Waals surface area contributed by atoms with Gasteiger partial charge in [0.1, 0.15) is 0 Å². The van der Waals surface area contributed by atoms with E-state index in [9.17, 15) is 0 Å². The van der Waals surface area contributed by atoms with Gasteiger partial charge < -0.3 is 10.2 Å². The first kappa shape index (κ1) is 9.41. The summed E-state index contributed by atoms with van der Waals surface area (Å²) in [6.45, 7) is 0. The van der Waals surface area contributed by atoms with Crippen molar-refractivity contribution in [2.75, 3.05) is 5.73 Å². The molecule has 3 aromatic heterocycles. The van der Waals surface area contributed by atoms with Gasteiger partial charge in [0.15, 0.2) is 16.1 Å². The third kappa shape index (κ3) is 1.38. The van der Waals surface area contributed by atoms with Gasteiger partial charge >= 0.3 is 0 Å². The lowest BCUT2D eigenvalue weighted by atomic mass is 10.4. The lowest BCUT2D eigenvalue weighted by Gasteiger charge is -1.92. The first-order chi connectivity index (χ1) is 7.74. The van der Waals surface area contributed by atoms with Crippen LogP contribution in [0.1, 0.15) is 0 Å². The summed E-state index contributed by atoms with van der Waals surface area (Å²) < 4.78 is 7.65. The van der Waals surface area contributed by atoms with Crippen molar-refractivity contribution in [1.82, 2.24) is 14.6 Å². The number of fused-ring (bicyclic) bond motifs is 1. The quantitative estimate of drug-likeness (QED) is 0.742. The lowest BCUT2D eigenvalue weighted by Crippen LogP contribution is -1.92. The molecule has 0 saturated carbocycles. The van der Waals surface area contributed by atoms with Crippen molar-refractivity contribution in [3.63, 3.8) is 0 Å². The summed E-state index contributed by atoms with van der Waals surface area (Å²) in [4.78, 5) is 4.31. The molecule has 6 heteroatoms. The highest BCUT2D eigenvalue weighted by Crippen LogP contribution is 2.23. The molecule has 0 aliphatic heterocycles. The lowest BCUT2D eigenvalue weighted by molar-refractivity contribution is 0.551. The Morgan fingerprint density at radius 2 is 2.19 bits per heavy atom. The average molecular weight is 279 g/mol. The molecule has 0 atom stereocenters. The molecule has 0 unspecified atom stereocenters. The summed E-state index contributed by atoms with van der Waals surface area (Å²) in [7, 11) is 0. The molecule has 16 heavy (non-hydrogen) atoms. The fraction of sp³-hybridized carbons (Fsp3) is 0. The van der Waals surface area contributed by atoms with Crippen LogP contribution in [0.25, 0.3) is 17.2 Å². The Morgan fingerprint density at radius 1 is 1.31 bits per heavy atom. The maximum atomic E-state index is 5.79. The minimum absolute atomic E-state index is 0.517. The normalized spacial score (nSPS) is 11.1. The van der Waals surface area contributed by atoms with Crippen molar-refractivity contribution in [3.05, 3.63) is 35.1 Å². The summed E-state index contributed by atoms with van der Waals surface area (Å²) in [5, 5.41) is 4.27. The fourth-order valence-corrected chi connectivity index (χ4v) is 1.77. The molecular formula is C10H7BrN4O. The molecule has 2 N–H and O–H groups in total. The van der Waals surface area contributed by atoms with Gasteiger partial charge in [-0.05, 0) is 40.2 Å². The van der Waals surface area contributed by atoms with Gasteiger partial charge in [-0.2, -0.15) is 0 Å². The van der Waals surface area contributed by atoms with Gasteiger partial charge in [0.2, 0.25) is 5.82 Å². The van der Waals surface area contributed by atoms with Crippen molar-refractivity contribution in [2.45, 2.75) is 0 Å². The van der Waals surface area contributed by atoms with Crippen molar-refractivity contribution in [1.29, 1.82) is 0 Å². The van der Waals surface area contributed by atoms with E-state index in [4.69, 9.17) is 10.2 Å². The third-order valence-corrected chi connectivity index (χ3v) is 2.61. The highest BCUT2D eigenvalue weighted by molar-refractivity contribution is 9.10. The number of hydrogen-bond donors (Lipinski definition) is 1. The number of rotatable bonds is 1. The molecule has 0 saturated heterocycles. The smallest absolute Gasteiger partial charge is 0.218 e. The van der Waals surface area contributed by atoms with Crippen molar-refractivity contribution in [3.8, 4) is 11.6 Å². The first-order valence-electron chi connectivity index (χ1n) is 4.60. The second-order valence-corrected chi connectivity index (χ2v) is 4.05. The van der Waals surface area contributed by atoms with Crippen LogP contribution < -0.4 is 5.73 Å². The van der Waals surface area contributed by atoms with E-state index in [1.165, 1.54) is 0 Å².